The van der Waals surface area contributed by atoms with Crippen LogP contribution in [-0.4, -0.2) is 35.5 Å². The monoisotopic (exact) mass is 352 g/mol. The molecule has 4 fully saturated rings. The molecular weight excluding hydrogens is 320 g/mol. The second-order valence-corrected chi connectivity index (χ2v) is 10.1. The van der Waals surface area contributed by atoms with Crippen LogP contribution >= 0.6 is 0 Å². The van der Waals surface area contributed by atoms with E-state index in [1.807, 2.05) is 0 Å². The Kier molecular flexibility index (Phi) is 3.09. The van der Waals surface area contributed by atoms with Gasteiger partial charge in [-0.1, -0.05) is 22.9 Å². The number of hydrogen-bond acceptors (Lipinski definition) is 3. The SMILES string of the molecule is Cc1ccc2c(c1)/C(=N/O)CC21CCN(CC2CC34C[C@@H]3CC[C@H]24)CC1.[HH]. The Morgan fingerprint density at radius 1 is 1.23 bits per heavy atom. The standard InChI is InChI=1S/C23H30N2O.H2/c1-15-2-4-20-18(10-15)21(24-26)13-22(20)6-8-25(9-7-22)14-16-11-23-12-17(23)3-5-19(16)23;/h2,4,10,16-17,19,26H,3,5-9,11-14H2,1H3;1H/b24-21+;/t16?,17-,19+,23?;/m0./s1. The number of oxime groups is 1. The van der Waals surface area contributed by atoms with Crippen LogP contribution in [0.25, 0.3) is 0 Å². The van der Waals surface area contributed by atoms with E-state index in [4.69, 9.17) is 0 Å². The molecule has 0 amide bonds. The molecule has 1 aliphatic heterocycles. The van der Waals surface area contributed by atoms with Gasteiger partial charge in [-0.05, 0) is 93.3 Å². The molecule has 2 spiro atoms. The van der Waals surface area contributed by atoms with Crippen molar-refractivity contribution in [1.82, 2.24) is 4.90 Å². The van der Waals surface area contributed by atoms with Gasteiger partial charge in [0.2, 0.25) is 0 Å². The van der Waals surface area contributed by atoms with Crippen molar-refractivity contribution in [2.45, 2.75) is 57.3 Å². The summed E-state index contributed by atoms with van der Waals surface area (Å²) in [6, 6.07) is 6.75. The molecule has 0 radical (unpaired) electrons. The third kappa shape index (κ3) is 1.96. The van der Waals surface area contributed by atoms with Crippen molar-refractivity contribution < 1.29 is 6.63 Å². The number of benzene rings is 1. The fraction of sp³-hybridized carbons (Fsp3) is 0.696. The van der Waals surface area contributed by atoms with Crippen molar-refractivity contribution in [3.8, 4) is 0 Å². The van der Waals surface area contributed by atoms with Crippen LogP contribution in [0.2, 0.25) is 0 Å². The molecule has 1 heterocycles. The van der Waals surface area contributed by atoms with Gasteiger partial charge < -0.3 is 10.1 Å². The van der Waals surface area contributed by atoms with Crippen molar-refractivity contribution >= 4 is 5.71 Å². The van der Waals surface area contributed by atoms with E-state index in [1.165, 1.54) is 68.4 Å². The van der Waals surface area contributed by atoms with Gasteiger partial charge in [-0.25, -0.2) is 0 Å². The van der Waals surface area contributed by atoms with Crippen molar-refractivity contribution in [1.29, 1.82) is 0 Å². The highest BCUT2D eigenvalue weighted by Crippen LogP contribution is 2.77. The van der Waals surface area contributed by atoms with Crippen LogP contribution in [0.4, 0.5) is 0 Å². The second-order valence-electron chi connectivity index (χ2n) is 10.1. The summed E-state index contributed by atoms with van der Waals surface area (Å²) in [6.07, 6.45) is 9.51. The Morgan fingerprint density at radius 2 is 2.08 bits per heavy atom. The maximum atomic E-state index is 9.52. The molecule has 3 heteroatoms. The number of hydrogen-bond donors (Lipinski definition) is 1. The van der Waals surface area contributed by atoms with E-state index in [0.717, 1.165) is 35.3 Å². The first-order chi connectivity index (χ1) is 12.6. The van der Waals surface area contributed by atoms with E-state index in [9.17, 15) is 5.21 Å². The summed E-state index contributed by atoms with van der Waals surface area (Å²) in [5, 5.41) is 13.2. The van der Waals surface area contributed by atoms with Crippen LogP contribution < -0.4 is 0 Å². The molecule has 140 valence electrons. The van der Waals surface area contributed by atoms with Crippen molar-refractivity contribution in [3.63, 3.8) is 0 Å². The number of aryl methyl sites for hydroxylation is 1. The van der Waals surface area contributed by atoms with E-state index in [1.54, 1.807) is 6.42 Å². The van der Waals surface area contributed by atoms with Crippen LogP contribution in [-0.2, 0) is 5.41 Å². The van der Waals surface area contributed by atoms with Gasteiger partial charge in [-0.15, -0.1) is 0 Å². The topological polar surface area (TPSA) is 35.8 Å². The van der Waals surface area contributed by atoms with E-state index >= 15 is 0 Å². The molecule has 3 nitrogen and oxygen atoms in total. The Labute approximate surface area is 157 Å². The lowest BCUT2D eigenvalue weighted by atomic mass is 9.62. The minimum Gasteiger partial charge on any atom is -0.411 e. The summed E-state index contributed by atoms with van der Waals surface area (Å²) in [5.74, 6) is 3.19. The Bertz CT molecular complexity index is 796. The van der Waals surface area contributed by atoms with Crippen LogP contribution in [0.3, 0.4) is 0 Å². The Hall–Kier alpha value is -1.35. The third-order valence-corrected chi connectivity index (χ3v) is 9.04. The van der Waals surface area contributed by atoms with Gasteiger partial charge in [0.05, 0.1) is 5.71 Å². The predicted octanol–water partition coefficient (Wildman–Crippen LogP) is 4.59. The van der Waals surface area contributed by atoms with Crippen LogP contribution in [0.1, 0.15) is 63.1 Å². The fourth-order valence-corrected chi connectivity index (χ4v) is 7.58. The smallest absolute Gasteiger partial charge is 0.0879 e. The highest BCUT2D eigenvalue weighted by molar-refractivity contribution is 6.06. The zero-order valence-electron chi connectivity index (χ0n) is 15.9. The molecule has 1 saturated heterocycles. The molecule has 26 heavy (non-hydrogen) atoms. The Balaban J connectivity index is 0.00000160. The fourth-order valence-electron chi connectivity index (χ4n) is 7.58. The quantitative estimate of drug-likeness (QED) is 0.624. The first-order valence-electron chi connectivity index (χ1n) is 10.7. The number of rotatable bonds is 2. The van der Waals surface area contributed by atoms with Gasteiger partial charge in [-0.2, -0.15) is 0 Å². The summed E-state index contributed by atoms with van der Waals surface area (Å²) in [4.78, 5) is 2.75. The van der Waals surface area contributed by atoms with Gasteiger partial charge in [-0.3, -0.25) is 0 Å². The molecule has 4 aliphatic carbocycles. The largest absolute Gasteiger partial charge is 0.411 e. The maximum Gasteiger partial charge on any atom is 0.0879 e. The lowest BCUT2D eigenvalue weighted by Crippen LogP contribution is -2.48. The predicted molar refractivity (Wildman–Crippen MR) is 105 cm³/mol. The zero-order valence-corrected chi connectivity index (χ0v) is 15.9. The second kappa shape index (κ2) is 5.13. The average Bonchev–Trinajstić information content (AvgIpc) is 3.19. The normalized spacial score (nSPS) is 41.0. The van der Waals surface area contributed by atoms with Crippen molar-refractivity contribution in [2.75, 3.05) is 19.6 Å². The summed E-state index contributed by atoms with van der Waals surface area (Å²) in [7, 11) is 0. The average molecular weight is 353 g/mol. The number of nitrogens with zero attached hydrogens (tertiary/aromatic N) is 2. The summed E-state index contributed by atoms with van der Waals surface area (Å²) in [6.45, 7) is 5.90. The number of piperidine rings is 1. The Morgan fingerprint density at radius 3 is 2.81 bits per heavy atom. The van der Waals surface area contributed by atoms with E-state index in [0.29, 0.717) is 0 Å². The minimum atomic E-state index is 0. The molecule has 6 rings (SSSR count). The van der Waals surface area contributed by atoms with Crippen molar-refractivity contribution in [3.05, 3.63) is 34.9 Å². The molecule has 1 aromatic carbocycles. The highest BCUT2D eigenvalue weighted by Gasteiger charge is 2.70. The van der Waals surface area contributed by atoms with Crippen LogP contribution in [0, 0.1) is 30.1 Å². The molecule has 3 saturated carbocycles. The van der Waals surface area contributed by atoms with Gasteiger partial charge in [0.25, 0.3) is 0 Å². The van der Waals surface area contributed by atoms with Crippen molar-refractivity contribution in [2.24, 2.45) is 28.3 Å². The number of likely N-dealkylation sites (tertiary alicyclic amines) is 1. The first kappa shape index (κ1) is 15.7. The summed E-state index contributed by atoms with van der Waals surface area (Å²) >= 11 is 0. The molecule has 0 aromatic heterocycles. The van der Waals surface area contributed by atoms with Gasteiger partial charge in [0.15, 0.2) is 0 Å². The highest BCUT2D eigenvalue weighted by atomic mass is 16.4. The molecule has 0 bridgehead atoms. The van der Waals surface area contributed by atoms with Crippen LogP contribution in [0.15, 0.2) is 23.4 Å². The number of fused-ring (bicyclic) bond motifs is 2. The zero-order chi connectivity index (χ0) is 17.5. The van der Waals surface area contributed by atoms with Gasteiger partial charge in [0.1, 0.15) is 0 Å². The molecule has 5 aliphatic rings. The molecule has 2 unspecified atom stereocenters. The first-order valence-corrected chi connectivity index (χ1v) is 10.7. The molecule has 1 N–H and O–H groups in total. The van der Waals surface area contributed by atoms with E-state index in [-0.39, 0.29) is 6.84 Å². The molecule has 4 atom stereocenters. The van der Waals surface area contributed by atoms with Gasteiger partial charge in [0, 0.05) is 25.4 Å². The lowest BCUT2D eigenvalue weighted by Gasteiger charge is -2.48. The third-order valence-electron chi connectivity index (χ3n) is 9.04. The molecular formula is C23H32N2O. The van der Waals surface area contributed by atoms with E-state index in [2.05, 4.69) is 35.2 Å². The van der Waals surface area contributed by atoms with Crippen LogP contribution in [0.5, 0.6) is 0 Å². The maximum absolute atomic E-state index is 9.52. The summed E-state index contributed by atoms with van der Waals surface area (Å²) in [5.41, 5.74) is 5.88. The van der Waals surface area contributed by atoms with E-state index < -0.39 is 0 Å². The summed E-state index contributed by atoms with van der Waals surface area (Å²) < 4.78 is 0. The lowest BCUT2D eigenvalue weighted by molar-refractivity contribution is 0.0171. The van der Waals surface area contributed by atoms with Gasteiger partial charge >= 0.3 is 0 Å². The minimum absolute atomic E-state index is 0. The molecule has 1 aromatic rings.